The Morgan fingerprint density at radius 1 is 1.43 bits per heavy atom. The molecule has 5 nitrogen and oxygen atoms in total. The first kappa shape index (κ1) is 9.29. The summed E-state index contributed by atoms with van der Waals surface area (Å²) in [5, 5.41) is 0.475. The molecule has 0 aliphatic carbocycles. The highest BCUT2D eigenvalue weighted by Gasteiger charge is 2.20. The molecule has 0 saturated heterocycles. The van der Waals surface area contributed by atoms with Crippen molar-refractivity contribution >= 4 is 33.3 Å². The molecule has 2 rings (SSSR count). The van der Waals surface area contributed by atoms with Gasteiger partial charge in [0.15, 0.2) is 0 Å². The zero-order chi connectivity index (χ0) is 10.3. The van der Waals surface area contributed by atoms with Crippen LogP contribution in [-0.4, -0.2) is 14.3 Å². The van der Waals surface area contributed by atoms with Crippen LogP contribution in [-0.2, 0) is 10.2 Å². The van der Waals surface area contributed by atoms with Gasteiger partial charge in [-0.15, -0.1) is 4.40 Å². The summed E-state index contributed by atoms with van der Waals surface area (Å²) in [6, 6.07) is 4.66. The van der Waals surface area contributed by atoms with Gasteiger partial charge in [0.2, 0.25) is 0 Å². The molecule has 1 aromatic carbocycles. The number of amidine groups is 1. The summed E-state index contributed by atoms with van der Waals surface area (Å²) in [6.45, 7) is 0. The molecule has 0 amide bonds. The lowest BCUT2D eigenvalue weighted by molar-refractivity contribution is 0.602. The van der Waals surface area contributed by atoms with E-state index in [0.717, 1.165) is 0 Å². The molecule has 0 fully saturated rings. The molecular formula is C7H6ClN3O2S. The van der Waals surface area contributed by atoms with Gasteiger partial charge in [0.05, 0.1) is 5.69 Å². The van der Waals surface area contributed by atoms with E-state index in [1.807, 2.05) is 0 Å². The van der Waals surface area contributed by atoms with Crippen LogP contribution in [0, 0.1) is 0 Å². The Labute approximate surface area is 85.8 Å². The summed E-state index contributed by atoms with van der Waals surface area (Å²) >= 11 is 5.73. The molecule has 0 atom stereocenters. The first-order valence-corrected chi connectivity index (χ1v) is 5.48. The Morgan fingerprint density at radius 2 is 2.14 bits per heavy atom. The average molecular weight is 232 g/mol. The smallest absolute Gasteiger partial charge is 0.344 e. The zero-order valence-corrected chi connectivity index (χ0v) is 8.43. The Morgan fingerprint density at radius 3 is 2.86 bits per heavy atom. The van der Waals surface area contributed by atoms with Crippen LogP contribution < -0.4 is 10.5 Å². The van der Waals surface area contributed by atoms with Crippen LogP contribution in [0.4, 0.5) is 5.69 Å². The van der Waals surface area contributed by atoms with E-state index in [4.69, 9.17) is 17.3 Å². The molecule has 0 bridgehead atoms. The van der Waals surface area contributed by atoms with Crippen molar-refractivity contribution < 1.29 is 8.42 Å². The lowest BCUT2D eigenvalue weighted by atomic mass is 10.1. The van der Waals surface area contributed by atoms with Gasteiger partial charge in [0, 0.05) is 10.6 Å². The molecule has 0 spiro atoms. The van der Waals surface area contributed by atoms with E-state index in [1.165, 1.54) is 6.07 Å². The third kappa shape index (κ3) is 1.53. The average Bonchev–Trinajstić information content (AvgIpc) is 2.05. The van der Waals surface area contributed by atoms with E-state index in [2.05, 4.69) is 9.12 Å². The van der Waals surface area contributed by atoms with Gasteiger partial charge in [-0.3, -0.25) is 4.72 Å². The van der Waals surface area contributed by atoms with Crippen molar-refractivity contribution in [2.45, 2.75) is 0 Å². The second kappa shape index (κ2) is 2.86. The molecule has 3 N–H and O–H groups in total. The molecule has 0 saturated carbocycles. The molecular weight excluding hydrogens is 226 g/mol. The van der Waals surface area contributed by atoms with Crippen molar-refractivity contribution in [2.24, 2.45) is 10.1 Å². The second-order valence-electron chi connectivity index (χ2n) is 2.74. The van der Waals surface area contributed by atoms with Gasteiger partial charge < -0.3 is 5.73 Å². The van der Waals surface area contributed by atoms with E-state index in [-0.39, 0.29) is 5.84 Å². The van der Waals surface area contributed by atoms with Crippen LogP contribution in [0.2, 0.25) is 5.02 Å². The van der Waals surface area contributed by atoms with Gasteiger partial charge in [-0.1, -0.05) is 11.6 Å². The number of anilines is 1. The molecule has 0 aromatic heterocycles. The van der Waals surface area contributed by atoms with Gasteiger partial charge in [-0.05, 0) is 18.2 Å². The minimum absolute atomic E-state index is 0.0544. The van der Waals surface area contributed by atoms with Gasteiger partial charge in [-0.25, -0.2) is 0 Å². The number of hydrogen-bond donors (Lipinski definition) is 2. The Bertz CT molecular complexity index is 524. The van der Waals surface area contributed by atoms with Crippen LogP contribution in [0.15, 0.2) is 22.6 Å². The third-order valence-electron chi connectivity index (χ3n) is 1.72. The summed E-state index contributed by atoms with van der Waals surface area (Å²) in [5.74, 6) is -0.0544. The van der Waals surface area contributed by atoms with Crippen LogP contribution in [0.1, 0.15) is 5.56 Å². The Hall–Kier alpha value is -1.27. The van der Waals surface area contributed by atoms with Gasteiger partial charge >= 0.3 is 10.2 Å². The molecule has 0 radical (unpaired) electrons. The van der Waals surface area contributed by atoms with Crippen molar-refractivity contribution in [3.05, 3.63) is 28.8 Å². The number of benzene rings is 1. The number of hydrogen-bond acceptors (Lipinski definition) is 3. The summed E-state index contributed by atoms with van der Waals surface area (Å²) in [6.07, 6.45) is 0. The number of halogens is 1. The summed E-state index contributed by atoms with van der Waals surface area (Å²) in [4.78, 5) is 0. The fourth-order valence-corrected chi connectivity index (χ4v) is 2.19. The minimum Gasteiger partial charge on any atom is -0.382 e. The lowest BCUT2D eigenvalue weighted by Gasteiger charge is -2.15. The molecule has 14 heavy (non-hydrogen) atoms. The van der Waals surface area contributed by atoms with Crippen LogP contribution in [0.3, 0.4) is 0 Å². The van der Waals surface area contributed by atoms with E-state index in [0.29, 0.717) is 16.3 Å². The number of fused-ring (bicyclic) bond motifs is 1. The maximum absolute atomic E-state index is 11.1. The van der Waals surface area contributed by atoms with Crippen LogP contribution in [0.25, 0.3) is 0 Å². The van der Waals surface area contributed by atoms with Crippen LogP contribution >= 0.6 is 11.6 Å². The summed E-state index contributed by atoms with van der Waals surface area (Å²) in [7, 11) is -3.69. The topological polar surface area (TPSA) is 84.5 Å². The molecule has 1 aromatic rings. The van der Waals surface area contributed by atoms with Crippen LogP contribution in [0.5, 0.6) is 0 Å². The Kier molecular flexibility index (Phi) is 1.90. The normalized spacial score (nSPS) is 17.9. The quantitative estimate of drug-likeness (QED) is 0.690. The molecule has 0 unspecified atom stereocenters. The largest absolute Gasteiger partial charge is 0.382 e. The van der Waals surface area contributed by atoms with Gasteiger partial charge in [0.25, 0.3) is 0 Å². The molecule has 1 aliphatic rings. The molecule has 1 aliphatic heterocycles. The third-order valence-corrected chi connectivity index (χ3v) is 2.87. The highest BCUT2D eigenvalue weighted by atomic mass is 35.5. The van der Waals surface area contributed by atoms with Crippen molar-refractivity contribution in [3.8, 4) is 0 Å². The monoisotopic (exact) mass is 231 g/mol. The SMILES string of the molecule is NC1=NS(=O)(=O)Nc2ccc(Cl)cc21. The number of nitrogens with one attached hydrogen (secondary N) is 1. The van der Waals surface area contributed by atoms with E-state index in [9.17, 15) is 8.42 Å². The minimum atomic E-state index is -3.69. The fourth-order valence-electron chi connectivity index (χ4n) is 1.16. The van der Waals surface area contributed by atoms with Gasteiger partial charge in [-0.2, -0.15) is 8.42 Å². The number of nitrogens with zero attached hydrogens (tertiary/aromatic N) is 1. The lowest BCUT2D eigenvalue weighted by Crippen LogP contribution is -2.26. The van der Waals surface area contributed by atoms with Crippen molar-refractivity contribution in [2.75, 3.05) is 4.72 Å². The van der Waals surface area contributed by atoms with Gasteiger partial charge in [0.1, 0.15) is 5.84 Å². The van der Waals surface area contributed by atoms with Crippen molar-refractivity contribution in [1.29, 1.82) is 0 Å². The predicted molar refractivity (Wildman–Crippen MR) is 54.7 cm³/mol. The second-order valence-corrected chi connectivity index (χ2v) is 4.52. The molecule has 7 heteroatoms. The summed E-state index contributed by atoms with van der Waals surface area (Å²) < 4.78 is 27.7. The van der Waals surface area contributed by atoms with E-state index in [1.54, 1.807) is 12.1 Å². The maximum Gasteiger partial charge on any atom is 0.344 e. The molecule has 74 valence electrons. The number of nitrogens with two attached hydrogens (primary N) is 1. The standard InChI is InChI=1S/C7H6ClN3O2S/c8-4-1-2-6-5(3-4)7(9)11-14(12,13)10-6/h1-3,10H,(H2,9,11). The maximum atomic E-state index is 11.1. The van der Waals surface area contributed by atoms with Crippen molar-refractivity contribution in [3.63, 3.8) is 0 Å². The summed E-state index contributed by atoms with van der Waals surface area (Å²) in [5.41, 5.74) is 6.35. The highest BCUT2D eigenvalue weighted by molar-refractivity contribution is 7.91. The first-order valence-electron chi connectivity index (χ1n) is 3.66. The van der Waals surface area contributed by atoms with E-state index < -0.39 is 10.2 Å². The molecule has 1 heterocycles. The van der Waals surface area contributed by atoms with Crippen molar-refractivity contribution in [1.82, 2.24) is 0 Å². The predicted octanol–water partition coefficient (Wildman–Crippen LogP) is 0.716. The first-order chi connectivity index (χ1) is 6.48. The Balaban J connectivity index is 2.68. The fraction of sp³-hybridized carbons (Fsp3) is 0. The zero-order valence-electron chi connectivity index (χ0n) is 6.86. The van der Waals surface area contributed by atoms with E-state index >= 15 is 0 Å². The highest BCUT2D eigenvalue weighted by Crippen LogP contribution is 2.24. The number of rotatable bonds is 0.